The van der Waals surface area contributed by atoms with Gasteiger partial charge in [0, 0.05) is 50.1 Å². The Hall–Kier alpha value is -2.66. The lowest BCUT2D eigenvalue weighted by atomic mass is 10.0. The Kier molecular flexibility index (Phi) is 15.3. The largest absolute Gasteiger partial charge is 0.491 e. The van der Waals surface area contributed by atoms with Crippen LogP contribution in [0.2, 0.25) is 10.0 Å². The zero-order valence-corrected chi connectivity index (χ0v) is 27.1. The molecular formula is C32H46Cl2N6O3. The van der Waals surface area contributed by atoms with E-state index >= 15 is 0 Å². The highest BCUT2D eigenvalue weighted by Gasteiger charge is 2.17. The second-order valence-electron chi connectivity index (χ2n) is 10.6. The molecule has 2 aromatic carbocycles. The highest BCUT2D eigenvalue weighted by atomic mass is 35.5. The van der Waals surface area contributed by atoms with Crippen LogP contribution < -0.4 is 26.8 Å². The first kappa shape index (κ1) is 34.8. The SMILES string of the molecule is Cc1cccc(C)c1OCC(C)NCCCOCCCCOCCCNCc1nc(N)nc(N)c1-c1cccc(Cl)c1Cl. The number of nitrogens with one attached hydrogen (secondary N) is 2. The van der Waals surface area contributed by atoms with Gasteiger partial charge in [0.15, 0.2) is 0 Å². The molecule has 236 valence electrons. The van der Waals surface area contributed by atoms with Crippen molar-refractivity contribution in [2.24, 2.45) is 0 Å². The van der Waals surface area contributed by atoms with Crippen molar-refractivity contribution in [1.29, 1.82) is 0 Å². The van der Waals surface area contributed by atoms with Crippen LogP contribution in [0, 0.1) is 13.8 Å². The van der Waals surface area contributed by atoms with Gasteiger partial charge in [-0.25, -0.2) is 4.98 Å². The van der Waals surface area contributed by atoms with Gasteiger partial charge < -0.3 is 36.3 Å². The predicted molar refractivity (Wildman–Crippen MR) is 177 cm³/mol. The number of hydrogen-bond acceptors (Lipinski definition) is 9. The summed E-state index contributed by atoms with van der Waals surface area (Å²) in [4.78, 5) is 8.49. The van der Waals surface area contributed by atoms with Crippen LogP contribution >= 0.6 is 23.2 Å². The van der Waals surface area contributed by atoms with Crippen molar-refractivity contribution in [1.82, 2.24) is 20.6 Å². The van der Waals surface area contributed by atoms with Crippen LogP contribution in [0.1, 0.15) is 49.4 Å². The minimum Gasteiger partial charge on any atom is -0.491 e. The molecule has 43 heavy (non-hydrogen) atoms. The minimum absolute atomic E-state index is 0.115. The van der Waals surface area contributed by atoms with Crippen molar-refractivity contribution in [3.8, 4) is 16.9 Å². The van der Waals surface area contributed by atoms with E-state index in [0.717, 1.165) is 64.3 Å². The fourth-order valence-corrected chi connectivity index (χ4v) is 4.99. The van der Waals surface area contributed by atoms with E-state index in [0.29, 0.717) is 46.6 Å². The maximum atomic E-state index is 6.42. The third kappa shape index (κ3) is 11.7. The van der Waals surface area contributed by atoms with Crippen LogP contribution in [0.25, 0.3) is 11.1 Å². The summed E-state index contributed by atoms with van der Waals surface area (Å²) in [5.41, 5.74) is 16.3. The number of para-hydroxylation sites is 1. The van der Waals surface area contributed by atoms with E-state index in [-0.39, 0.29) is 17.8 Å². The molecule has 3 rings (SSSR count). The van der Waals surface area contributed by atoms with E-state index in [1.54, 1.807) is 6.07 Å². The van der Waals surface area contributed by atoms with Crippen LogP contribution in [0.5, 0.6) is 5.75 Å². The van der Waals surface area contributed by atoms with E-state index in [1.165, 1.54) is 11.1 Å². The molecule has 1 unspecified atom stereocenters. The molecule has 6 N–H and O–H groups in total. The van der Waals surface area contributed by atoms with Crippen molar-refractivity contribution < 1.29 is 14.2 Å². The van der Waals surface area contributed by atoms with E-state index in [1.807, 2.05) is 12.1 Å². The average Bonchev–Trinajstić information content (AvgIpc) is 2.96. The number of nitrogens with two attached hydrogens (primary N) is 2. The van der Waals surface area contributed by atoms with Crippen molar-refractivity contribution in [3.05, 3.63) is 63.3 Å². The van der Waals surface area contributed by atoms with Gasteiger partial charge in [-0.2, -0.15) is 4.98 Å². The monoisotopic (exact) mass is 632 g/mol. The summed E-state index contributed by atoms with van der Waals surface area (Å²) in [6, 6.07) is 11.9. The summed E-state index contributed by atoms with van der Waals surface area (Å²) >= 11 is 12.6. The quantitative estimate of drug-likeness (QED) is 0.111. The maximum absolute atomic E-state index is 6.42. The van der Waals surface area contributed by atoms with Crippen LogP contribution in [0.15, 0.2) is 36.4 Å². The molecule has 1 heterocycles. The van der Waals surface area contributed by atoms with Gasteiger partial charge in [0.2, 0.25) is 5.95 Å². The summed E-state index contributed by atoms with van der Waals surface area (Å²) in [5, 5.41) is 7.72. The Labute approximate surface area is 266 Å². The number of unbranched alkanes of at least 4 members (excludes halogenated alkanes) is 1. The zero-order chi connectivity index (χ0) is 31.0. The molecule has 11 heteroatoms. The number of rotatable bonds is 20. The number of aryl methyl sites for hydroxylation is 2. The van der Waals surface area contributed by atoms with E-state index in [2.05, 4.69) is 59.6 Å². The van der Waals surface area contributed by atoms with Gasteiger partial charge in [0.25, 0.3) is 0 Å². The van der Waals surface area contributed by atoms with Crippen molar-refractivity contribution in [2.45, 2.75) is 59.0 Å². The molecule has 0 fully saturated rings. The van der Waals surface area contributed by atoms with E-state index < -0.39 is 0 Å². The standard InChI is InChI=1S/C32H46Cl2N6O3/c1-22-10-6-11-23(2)30(22)43-21-24(3)38-15-9-19-42-17-5-4-16-41-18-8-14-37-20-27-28(31(35)40-32(36)39-27)25-12-7-13-26(33)29(25)34/h6-7,10-13,24,37-38H,4-5,8-9,14-21H2,1-3H3,(H4,35,36,39,40). The number of benzene rings is 2. The normalized spacial score (nSPS) is 12.0. The molecule has 0 aliphatic heterocycles. The second kappa shape index (κ2) is 18.9. The first-order chi connectivity index (χ1) is 20.8. The van der Waals surface area contributed by atoms with Crippen LogP contribution in [-0.2, 0) is 16.0 Å². The van der Waals surface area contributed by atoms with Crippen molar-refractivity contribution in [3.63, 3.8) is 0 Å². The van der Waals surface area contributed by atoms with Crippen molar-refractivity contribution >= 4 is 35.0 Å². The van der Waals surface area contributed by atoms with Gasteiger partial charge in [0.1, 0.15) is 18.2 Å². The molecule has 0 aliphatic rings. The Balaban J connectivity index is 1.18. The average molecular weight is 634 g/mol. The third-order valence-corrected chi connectivity index (χ3v) is 7.68. The fraction of sp³-hybridized carbons (Fsp3) is 0.500. The van der Waals surface area contributed by atoms with Gasteiger partial charge in [0.05, 0.1) is 15.7 Å². The summed E-state index contributed by atoms with van der Waals surface area (Å²) < 4.78 is 17.6. The van der Waals surface area contributed by atoms with Crippen molar-refractivity contribution in [2.75, 3.05) is 57.6 Å². The van der Waals surface area contributed by atoms with Gasteiger partial charge in [-0.05, 0) is 76.7 Å². The van der Waals surface area contributed by atoms with Gasteiger partial charge in [-0.15, -0.1) is 0 Å². The van der Waals surface area contributed by atoms with Gasteiger partial charge >= 0.3 is 0 Å². The molecule has 0 saturated carbocycles. The molecular weight excluding hydrogens is 587 g/mol. The maximum Gasteiger partial charge on any atom is 0.222 e. The molecule has 0 bridgehead atoms. The number of anilines is 2. The second-order valence-corrected chi connectivity index (χ2v) is 11.4. The summed E-state index contributed by atoms with van der Waals surface area (Å²) in [5.74, 6) is 1.37. The molecule has 0 saturated heterocycles. The lowest BCUT2D eigenvalue weighted by Gasteiger charge is -2.17. The Morgan fingerprint density at radius 2 is 1.47 bits per heavy atom. The molecule has 0 spiro atoms. The lowest BCUT2D eigenvalue weighted by Crippen LogP contribution is -2.33. The molecule has 0 amide bonds. The Morgan fingerprint density at radius 3 is 2.16 bits per heavy atom. The van der Waals surface area contributed by atoms with Gasteiger partial charge in [-0.1, -0.05) is 53.5 Å². The smallest absolute Gasteiger partial charge is 0.222 e. The zero-order valence-electron chi connectivity index (χ0n) is 25.6. The number of ether oxygens (including phenoxy) is 3. The Morgan fingerprint density at radius 1 is 0.837 bits per heavy atom. The topological polar surface area (TPSA) is 130 Å². The molecule has 0 aliphatic carbocycles. The van der Waals surface area contributed by atoms with E-state index in [9.17, 15) is 0 Å². The van der Waals surface area contributed by atoms with Crippen LogP contribution in [-0.4, -0.2) is 62.1 Å². The minimum atomic E-state index is 0.115. The van der Waals surface area contributed by atoms with Crippen LogP contribution in [0.3, 0.4) is 0 Å². The molecule has 3 aromatic rings. The predicted octanol–water partition coefficient (Wildman–Crippen LogP) is 5.97. The molecule has 0 radical (unpaired) electrons. The van der Waals surface area contributed by atoms with Crippen LogP contribution in [0.4, 0.5) is 11.8 Å². The number of hydrogen-bond donors (Lipinski definition) is 4. The molecule has 1 atom stereocenters. The highest BCUT2D eigenvalue weighted by Crippen LogP contribution is 2.37. The summed E-state index contributed by atoms with van der Waals surface area (Å²) in [6.07, 6.45) is 3.79. The molecule has 9 nitrogen and oxygen atoms in total. The number of nitrogen functional groups attached to an aromatic ring is 2. The highest BCUT2D eigenvalue weighted by molar-refractivity contribution is 6.43. The number of halogens is 2. The fourth-order valence-electron chi connectivity index (χ4n) is 4.60. The summed E-state index contributed by atoms with van der Waals surface area (Å²) in [6.45, 7) is 12.0. The number of aromatic nitrogens is 2. The third-order valence-electron chi connectivity index (χ3n) is 6.86. The summed E-state index contributed by atoms with van der Waals surface area (Å²) in [7, 11) is 0. The molecule has 1 aromatic heterocycles. The number of nitrogens with zero attached hydrogens (tertiary/aromatic N) is 2. The van der Waals surface area contributed by atoms with E-state index in [4.69, 9.17) is 48.9 Å². The first-order valence-electron chi connectivity index (χ1n) is 14.9. The lowest BCUT2D eigenvalue weighted by molar-refractivity contribution is 0.100. The van der Waals surface area contributed by atoms with Gasteiger partial charge in [-0.3, -0.25) is 0 Å². The first-order valence-corrected chi connectivity index (χ1v) is 15.7. The Bertz CT molecular complexity index is 1260.